The molecule has 3 atom stereocenters. The van der Waals surface area contributed by atoms with Gasteiger partial charge in [0.05, 0.1) is 30.5 Å². The molecule has 0 aliphatic carbocycles. The number of hydrogen-bond acceptors (Lipinski definition) is 6. The van der Waals surface area contributed by atoms with E-state index in [-0.39, 0.29) is 30.3 Å². The molecule has 0 spiro atoms. The Balaban J connectivity index is 1.62. The summed E-state index contributed by atoms with van der Waals surface area (Å²) in [5.74, 6) is -0.177. The molecule has 3 aromatic rings. The van der Waals surface area contributed by atoms with E-state index in [1.165, 1.54) is 6.07 Å². The van der Waals surface area contributed by atoms with Crippen molar-refractivity contribution in [3.63, 3.8) is 0 Å². The molecule has 158 valence electrons. The molecule has 0 saturated carbocycles. The Hall–Kier alpha value is -2.65. The van der Waals surface area contributed by atoms with Crippen LogP contribution in [0.5, 0.6) is 0 Å². The van der Waals surface area contributed by atoms with Crippen molar-refractivity contribution in [2.75, 3.05) is 18.5 Å². The molecule has 0 bridgehead atoms. The first kappa shape index (κ1) is 19.3. The van der Waals surface area contributed by atoms with Crippen molar-refractivity contribution in [2.45, 2.75) is 51.3 Å². The van der Waals surface area contributed by atoms with Gasteiger partial charge >= 0.3 is 0 Å². The lowest BCUT2D eigenvalue weighted by Crippen LogP contribution is -2.42. The first-order valence-corrected chi connectivity index (χ1v) is 10.2. The van der Waals surface area contributed by atoms with Crippen LogP contribution >= 0.6 is 0 Å². The number of imidazole rings is 1. The van der Waals surface area contributed by atoms with Crippen LogP contribution < -0.4 is 5.32 Å². The van der Waals surface area contributed by atoms with Crippen molar-refractivity contribution < 1.29 is 18.6 Å². The van der Waals surface area contributed by atoms with Crippen molar-refractivity contribution >= 4 is 17.0 Å². The maximum absolute atomic E-state index is 14.9. The van der Waals surface area contributed by atoms with E-state index >= 15 is 0 Å². The third kappa shape index (κ3) is 3.04. The molecular weight excluding hydrogens is 392 g/mol. The molecule has 9 heteroatoms. The summed E-state index contributed by atoms with van der Waals surface area (Å²) in [6.07, 6.45) is 2.50. The predicted octanol–water partition coefficient (Wildman–Crippen LogP) is 3.15. The predicted molar refractivity (Wildman–Crippen MR) is 107 cm³/mol. The van der Waals surface area contributed by atoms with Gasteiger partial charge in [0.1, 0.15) is 17.0 Å². The number of rotatable bonds is 3. The van der Waals surface area contributed by atoms with Crippen LogP contribution in [0.25, 0.3) is 22.3 Å². The number of aliphatic hydroxyl groups excluding tert-OH is 1. The monoisotopic (exact) mass is 415 g/mol. The molecule has 7 nitrogen and oxygen atoms in total. The van der Waals surface area contributed by atoms with Crippen LogP contribution in [-0.4, -0.2) is 50.0 Å². The fraction of sp³-hybridized carbons (Fsp3) is 0.476. The summed E-state index contributed by atoms with van der Waals surface area (Å²) in [6, 6.07) is 1.22. The Labute approximate surface area is 172 Å². The number of aliphatic hydroxyl groups is 1. The zero-order valence-corrected chi connectivity index (χ0v) is 16.8. The lowest BCUT2D eigenvalue weighted by molar-refractivity contribution is -0.0136. The van der Waals surface area contributed by atoms with Crippen LogP contribution in [0.15, 0.2) is 12.3 Å². The maximum Gasteiger partial charge on any atom is 0.223 e. The van der Waals surface area contributed by atoms with Crippen molar-refractivity contribution in [2.24, 2.45) is 0 Å². The second-order valence-corrected chi connectivity index (χ2v) is 8.07. The highest BCUT2D eigenvalue weighted by Gasteiger charge is 2.29. The smallest absolute Gasteiger partial charge is 0.223 e. The zero-order valence-electron chi connectivity index (χ0n) is 16.8. The molecule has 0 amide bonds. The highest BCUT2D eigenvalue weighted by Crippen LogP contribution is 2.39. The Morgan fingerprint density at radius 1 is 1.23 bits per heavy atom. The van der Waals surface area contributed by atoms with Gasteiger partial charge in [0.2, 0.25) is 5.95 Å². The van der Waals surface area contributed by atoms with Gasteiger partial charge in [-0.05, 0) is 44.7 Å². The van der Waals surface area contributed by atoms with E-state index in [0.717, 1.165) is 24.0 Å². The van der Waals surface area contributed by atoms with Gasteiger partial charge < -0.3 is 19.7 Å². The summed E-state index contributed by atoms with van der Waals surface area (Å²) < 4.78 is 37.0. The Bertz CT molecular complexity index is 1130. The number of benzene rings is 1. The second-order valence-electron chi connectivity index (χ2n) is 8.07. The highest BCUT2D eigenvalue weighted by atomic mass is 19.1. The summed E-state index contributed by atoms with van der Waals surface area (Å²) in [4.78, 5) is 12.8. The fourth-order valence-corrected chi connectivity index (χ4v) is 4.58. The van der Waals surface area contributed by atoms with Crippen LogP contribution in [0.3, 0.4) is 0 Å². The summed E-state index contributed by atoms with van der Waals surface area (Å²) in [5.41, 5.74) is 2.35. The van der Waals surface area contributed by atoms with Crippen molar-refractivity contribution in [1.29, 1.82) is 0 Å². The van der Waals surface area contributed by atoms with Gasteiger partial charge in [-0.25, -0.2) is 23.7 Å². The van der Waals surface area contributed by atoms with Crippen molar-refractivity contribution in [3.05, 3.63) is 35.3 Å². The lowest BCUT2D eigenvalue weighted by Gasteiger charge is -2.28. The van der Waals surface area contributed by atoms with Crippen LogP contribution in [-0.2, 0) is 11.2 Å². The first-order chi connectivity index (χ1) is 14.4. The summed E-state index contributed by atoms with van der Waals surface area (Å²) >= 11 is 0. The van der Waals surface area contributed by atoms with E-state index in [2.05, 4.69) is 27.2 Å². The van der Waals surface area contributed by atoms with Gasteiger partial charge in [-0.15, -0.1) is 0 Å². The molecule has 2 aliphatic rings. The van der Waals surface area contributed by atoms with Crippen LogP contribution in [0.2, 0.25) is 0 Å². The molecule has 4 heterocycles. The number of aromatic nitrogens is 4. The van der Waals surface area contributed by atoms with E-state index in [9.17, 15) is 13.9 Å². The first-order valence-electron chi connectivity index (χ1n) is 10.2. The number of nitrogens with one attached hydrogen (secondary N) is 1. The number of ether oxygens (including phenoxy) is 1. The standard InChI is InChI=1S/C21H23F2N5O2/c1-10-3-4-12-13(7-14(22)19-20(12)28(10)11(2)25-19)18-15(23)8-24-21(27-18)26-16-5-6-30-9-17(16)29/h7-8,10,16-17,29H,3-6,9H2,1-2H3,(H,24,26,27). The third-order valence-corrected chi connectivity index (χ3v) is 6.09. The molecule has 2 aliphatic heterocycles. The maximum atomic E-state index is 14.9. The summed E-state index contributed by atoms with van der Waals surface area (Å²) in [7, 11) is 0. The van der Waals surface area contributed by atoms with Gasteiger partial charge in [-0.2, -0.15) is 0 Å². The van der Waals surface area contributed by atoms with Crippen molar-refractivity contribution in [3.8, 4) is 11.3 Å². The topological polar surface area (TPSA) is 85.1 Å². The molecule has 3 unspecified atom stereocenters. The average molecular weight is 415 g/mol. The summed E-state index contributed by atoms with van der Waals surface area (Å²) in [5, 5.41) is 13.2. The molecule has 1 aromatic carbocycles. The van der Waals surface area contributed by atoms with Gasteiger partial charge in [0.25, 0.3) is 0 Å². The molecule has 2 aromatic heterocycles. The normalized spacial score (nSPS) is 23.7. The molecule has 5 rings (SSSR count). The summed E-state index contributed by atoms with van der Waals surface area (Å²) in [6.45, 7) is 4.67. The number of aryl methyl sites for hydroxylation is 2. The second kappa shape index (κ2) is 7.24. The molecule has 1 fully saturated rings. The van der Waals surface area contributed by atoms with Crippen LogP contribution in [0.4, 0.5) is 14.7 Å². The van der Waals surface area contributed by atoms with E-state index in [1.54, 1.807) is 0 Å². The zero-order chi connectivity index (χ0) is 21.0. The van der Waals surface area contributed by atoms with Crippen LogP contribution in [0.1, 0.15) is 37.2 Å². The lowest BCUT2D eigenvalue weighted by atomic mass is 9.93. The Morgan fingerprint density at radius 2 is 2.07 bits per heavy atom. The van der Waals surface area contributed by atoms with E-state index < -0.39 is 17.7 Å². The highest BCUT2D eigenvalue weighted by molar-refractivity contribution is 5.88. The quantitative estimate of drug-likeness (QED) is 0.684. The number of hydrogen-bond donors (Lipinski definition) is 2. The van der Waals surface area contributed by atoms with E-state index in [4.69, 9.17) is 4.74 Å². The van der Waals surface area contributed by atoms with Gasteiger partial charge in [0, 0.05) is 18.2 Å². The van der Waals surface area contributed by atoms with Crippen molar-refractivity contribution in [1.82, 2.24) is 19.5 Å². The number of nitrogens with zero attached hydrogens (tertiary/aromatic N) is 4. The number of halogens is 2. The Morgan fingerprint density at radius 3 is 2.87 bits per heavy atom. The number of anilines is 1. The van der Waals surface area contributed by atoms with Gasteiger partial charge in [-0.1, -0.05) is 0 Å². The SMILES string of the molecule is Cc1nc2c(F)cc(-c3nc(NC4CCOCC4O)ncc3F)c3c2n1C(C)CC3. The minimum Gasteiger partial charge on any atom is -0.389 e. The third-order valence-electron chi connectivity index (χ3n) is 6.09. The Kier molecular flexibility index (Phi) is 4.67. The van der Waals surface area contributed by atoms with E-state index in [0.29, 0.717) is 36.0 Å². The molecule has 2 N–H and O–H groups in total. The molecule has 30 heavy (non-hydrogen) atoms. The fourth-order valence-electron chi connectivity index (χ4n) is 4.58. The molecule has 0 radical (unpaired) electrons. The minimum absolute atomic E-state index is 0.0461. The average Bonchev–Trinajstić information content (AvgIpc) is 3.08. The molecule has 1 saturated heterocycles. The van der Waals surface area contributed by atoms with E-state index in [1.807, 2.05) is 11.5 Å². The molecular formula is C21H23F2N5O2. The van der Waals surface area contributed by atoms with Gasteiger partial charge in [-0.3, -0.25) is 0 Å². The minimum atomic E-state index is -0.704. The van der Waals surface area contributed by atoms with Gasteiger partial charge in [0.15, 0.2) is 11.6 Å². The largest absolute Gasteiger partial charge is 0.389 e. The van der Waals surface area contributed by atoms with Crippen LogP contribution in [0, 0.1) is 18.6 Å².